The van der Waals surface area contributed by atoms with Gasteiger partial charge in [0.1, 0.15) is 11.4 Å². The van der Waals surface area contributed by atoms with E-state index in [1.54, 1.807) is 0 Å². The number of Topliss-reactive ketones (excluding diaryl/α,β-unsaturated/α-hetero) is 1. The van der Waals surface area contributed by atoms with Gasteiger partial charge in [0.25, 0.3) is 0 Å². The van der Waals surface area contributed by atoms with E-state index in [1.807, 2.05) is 30.3 Å². The number of ketones is 1. The van der Waals surface area contributed by atoms with E-state index in [2.05, 4.69) is 55.5 Å². The highest BCUT2D eigenvalue weighted by Gasteiger charge is 2.43. The van der Waals surface area contributed by atoms with Crippen molar-refractivity contribution in [3.05, 3.63) is 84.4 Å². The minimum Gasteiger partial charge on any atom is -0.288 e. The Bertz CT molecular complexity index is 853. The van der Waals surface area contributed by atoms with Crippen molar-refractivity contribution in [2.45, 2.75) is 6.92 Å². The van der Waals surface area contributed by atoms with Gasteiger partial charge in [0.2, 0.25) is 5.78 Å². The predicted molar refractivity (Wildman–Crippen MR) is 99.5 cm³/mol. The second-order valence-corrected chi connectivity index (χ2v) is 6.27. The number of nitrogens with zero attached hydrogens (tertiary/aromatic N) is 1. The summed E-state index contributed by atoms with van der Waals surface area (Å²) in [6.45, 7) is 3.47. The third-order valence-electron chi connectivity index (χ3n) is 5.07. The molecule has 1 heterocycles. The molecule has 0 amide bonds. The number of quaternary nitrogens is 1. The smallest absolute Gasteiger partial charge is 0.217 e. The van der Waals surface area contributed by atoms with Gasteiger partial charge in [0.05, 0.1) is 6.54 Å². The van der Waals surface area contributed by atoms with Crippen LogP contribution >= 0.6 is 0 Å². The van der Waals surface area contributed by atoms with Crippen LogP contribution in [0.5, 0.6) is 0 Å². The first-order valence-electron chi connectivity index (χ1n) is 8.41. The lowest BCUT2D eigenvalue weighted by Gasteiger charge is -2.33. The molecule has 0 radical (unpaired) electrons. The maximum absolute atomic E-state index is 13.0. The first kappa shape index (κ1) is 14.9. The van der Waals surface area contributed by atoms with Crippen LogP contribution in [-0.4, -0.2) is 18.9 Å². The van der Waals surface area contributed by atoms with Crippen LogP contribution in [0.1, 0.15) is 17.3 Å². The first-order chi connectivity index (χ1) is 11.8. The van der Waals surface area contributed by atoms with E-state index in [4.69, 9.17) is 0 Å². The van der Waals surface area contributed by atoms with Crippen molar-refractivity contribution >= 4 is 17.2 Å². The molecule has 118 valence electrons. The van der Waals surface area contributed by atoms with E-state index in [1.165, 1.54) is 22.5 Å². The van der Waals surface area contributed by atoms with Crippen LogP contribution in [0.3, 0.4) is 0 Å². The van der Waals surface area contributed by atoms with Crippen LogP contribution in [0.4, 0.5) is 11.4 Å². The molecule has 0 saturated heterocycles. The molecule has 24 heavy (non-hydrogen) atoms. The van der Waals surface area contributed by atoms with E-state index in [0.29, 0.717) is 11.0 Å². The number of fused-ring (bicyclic) bond motifs is 3. The normalized spacial score (nSPS) is 14.0. The Balaban J connectivity index is 1.86. The molecule has 0 fully saturated rings. The molecule has 0 N–H and O–H groups in total. The summed E-state index contributed by atoms with van der Waals surface area (Å²) in [6.07, 6.45) is 0. The summed E-state index contributed by atoms with van der Waals surface area (Å²) in [5.74, 6) is 0.184. The molecule has 0 spiro atoms. The van der Waals surface area contributed by atoms with Crippen molar-refractivity contribution in [3.8, 4) is 11.1 Å². The zero-order chi connectivity index (χ0) is 16.6. The molecule has 2 nitrogen and oxygen atoms in total. The summed E-state index contributed by atoms with van der Waals surface area (Å²) < 4.78 is 0.597. The van der Waals surface area contributed by atoms with Gasteiger partial charge in [-0.1, -0.05) is 54.6 Å². The van der Waals surface area contributed by atoms with Crippen LogP contribution in [-0.2, 0) is 0 Å². The number of likely N-dealkylation sites (N-methyl/N-ethyl adjacent to an activating group) is 1. The number of rotatable bonds is 4. The van der Waals surface area contributed by atoms with Crippen LogP contribution < -0.4 is 4.48 Å². The third-order valence-corrected chi connectivity index (χ3v) is 5.07. The predicted octanol–water partition coefficient (Wildman–Crippen LogP) is 5.21. The topological polar surface area (TPSA) is 17.1 Å². The number of para-hydroxylation sites is 2. The molecular formula is C22H20NO+. The third kappa shape index (κ3) is 2.11. The average Bonchev–Trinajstić information content (AvgIpc) is 2.93. The maximum atomic E-state index is 13.0. The standard InChI is InChI=1S/C22H20NO/c1-2-23(16-22(24)17-10-4-3-5-11-17)20-14-8-6-12-18(20)19-13-7-9-15-21(19)23/h3-15H,2,16H2,1H3/q+1. The number of carbonyl (C=O) groups excluding carboxylic acids is 1. The van der Waals surface area contributed by atoms with E-state index in [0.717, 1.165) is 12.1 Å². The number of carbonyl (C=O) groups is 1. The highest BCUT2D eigenvalue weighted by Crippen LogP contribution is 2.52. The monoisotopic (exact) mass is 314 g/mol. The molecule has 2 heteroatoms. The fourth-order valence-electron chi connectivity index (χ4n) is 3.86. The van der Waals surface area contributed by atoms with E-state index < -0.39 is 0 Å². The molecule has 4 rings (SSSR count). The van der Waals surface area contributed by atoms with Crippen LogP contribution in [0, 0.1) is 0 Å². The lowest BCUT2D eigenvalue weighted by molar-refractivity contribution is 0.0962. The molecular weight excluding hydrogens is 294 g/mol. The van der Waals surface area contributed by atoms with Crippen molar-refractivity contribution < 1.29 is 4.79 Å². The van der Waals surface area contributed by atoms with Crippen molar-refractivity contribution in [1.29, 1.82) is 0 Å². The van der Waals surface area contributed by atoms with Crippen molar-refractivity contribution in [2.75, 3.05) is 13.1 Å². The Hall–Kier alpha value is -2.71. The fraction of sp³-hybridized carbons (Fsp3) is 0.136. The maximum Gasteiger partial charge on any atom is 0.217 e. The van der Waals surface area contributed by atoms with Crippen LogP contribution in [0.2, 0.25) is 0 Å². The van der Waals surface area contributed by atoms with Crippen molar-refractivity contribution in [2.24, 2.45) is 0 Å². The summed E-state index contributed by atoms with van der Waals surface area (Å²) in [5, 5.41) is 0. The van der Waals surface area contributed by atoms with Gasteiger partial charge in [-0.3, -0.25) is 9.28 Å². The van der Waals surface area contributed by atoms with Crippen molar-refractivity contribution in [1.82, 2.24) is 4.48 Å². The Morgan fingerprint density at radius 2 is 1.25 bits per heavy atom. The van der Waals surface area contributed by atoms with Crippen molar-refractivity contribution in [3.63, 3.8) is 0 Å². The Morgan fingerprint density at radius 3 is 1.79 bits per heavy atom. The second-order valence-electron chi connectivity index (χ2n) is 6.27. The lowest BCUT2D eigenvalue weighted by atomic mass is 10.1. The lowest BCUT2D eigenvalue weighted by Crippen LogP contribution is -2.46. The Kier molecular flexibility index (Phi) is 3.55. The SMILES string of the molecule is CC[N+]1(CC(=O)c2ccccc2)c2ccccc2-c2ccccc21. The molecule has 0 aromatic heterocycles. The zero-order valence-corrected chi connectivity index (χ0v) is 13.8. The van der Waals surface area contributed by atoms with E-state index >= 15 is 0 Å². The fourth-order valence-corrected chi connectivity index (χ4v) is 3.86. The van der Waals surface area contributed by atoms with Gasteiger partial charge in [-0.15, -0.1) is 0 Å². The van der Waals surface area contributed by atoms with Gasteiger partial charge < -0.3 is 0 Å². The van der Waals surface area contributed by atoms with Gasteiger partial charge in [-0.2, -0.15) is 0 Å². The summed E-state index contributed by atoms with van der Waals surface area (Å²) in [7, 11) is 0. The summed E-state index contributed by atoms with van der Waals surface area (Å²) >= 11 is 0. The molecule has 1 aliphatic heterocycles. The molecule has 3 aromatic rings. The molecule has 3 aromatic carbocycles. The van der Waals surface area contributed by atoms with Crippen LogP contribution in [0.15, 0.2) is 78.9 Å². The number of hydrogen-bond donors (Lipinski definition) is 0. The second kappa shape index (κ2) is 5.73. The molecule has 0 atom stereocenters. The summed E-state index contributed by atoms with van der Waals surface area (Å²) in [6, 6.07) is 26.5. The van der Waals surface area contributed by atoms with E-state index in [-0.39, 0.29) is 5.78 Å². The minimum atomic E-state index is 0.184. The summed E-state index contributed by atoms with van der Waals surface area (Å²) in [5.41, 5.74) is 5.73. The number of benzene rings is 3. The molecule has 1 aliphatic rings. The van der Waals surface area contributed by atoms with Crippen LogP contribution in [0.25, 0.3) is 11.1 Å². The quantitative estimate of drug-likeness (QED) is 0.477. The highest BCUT2D eigenvalue weighted by atomic mass is 16.1. The first-order valence-corrected chi connectivity index (χ1v) is 8.41. The van der Waals surface area contributed by atoms with E-state index in [9.17, 15) is 4.79 Å². The minimum absolute atomic E-state index is 0.184. The Labute approximate surface area is 142 Å². The highest BCUT2D eigenvalue weighted by molar-refractivity contribution is 6.03. The van der Waals surface area contributed by atoms with Gasteiger partial charge in [-0.05, 0) is 19.1 Å². The van der Waals surface area contributed by atoms with Gasteiger partial charge in [-0.25, -0.2) is 0 Å². The zero-order valence-electron chi connectivity index (χ0n) is 13.8. The molecule has 0 aliphatic carbocycles. The van der Waals surface area contributed by atoms with Gasteiger partial charge in [0.15, 0.2) is 6.54 Å². The average molecular weight is 314 g/mol. The molecule has 0 unspecified atom stereocenters. The molecule has 0 saturated carbocycles. The summed E-state index contributed by atoms with van der Waals surface area (Å²) in [4.78, 5) is 13.0. The molecule has 0 bridgehead atoms. The van der Waals surface area contributed by atoms with Gasteiger partial charge >= 0.3 is 0 Å². The van der Waals surface area contributed by atoms with Gasteiger partial charge in [0, 0.05) is 28.8 Å². The number of hydrogen-bond acceptors (Lipinski definition) is 1. The largest absolute Gasteiger partial charge is 0.288 e. The Morgan fingerprint density at radius 1 is 0.750 bits per heavy atom.